The van der Waals surface area contributed by atoms with Crippen LogP contribution in [0.15, 0.2) is 65.8 Å². The van der Waals surface area contributed by atoms with E-state index in [1.807, 2.05) is 60.7 Å². The van der Waals surface area contributed by atoms with E-state index in [1.54, 1.807) is 6.20 Å². The summed E-state index contributed by atoms with van der Waals surface area (Å²) in [6, 6.07) is 17.0. The van der Waals surface area contributed by atoms with E-state index >= 15 is 0 Å². The average molecular weight is 292 g/mol. The molecule has 0 atom stereocenters. The zero-order valence-electron chi connectivity index (χ0n) is 11.9. The highest BCUT2D eigenvalue weighted by molar-refractivity contribution is 5.93. The van der Waals surface area contributed by atoms with E-state index < -0.39 is 0 Å². The molecule has 0 aliphatic carbocycles. The van der Waals surface area contributed by atoms with Gasteiger partial charge >= 0.3 is 6.03 Å². The lowest BCUT2D eigenvalue weighted by atomic mass is 10.0. The first-order valence-electron chi connectivity index (χ1n) is 7.00. The van der Waals surface area contributed by atoms with Gasteiger partial charge in [-0.3, -0.25) is 10.9 Å². The Hall–Kier alpha value is -3.08. The molecule has 0 fully saturated rings. The lowest BCUT2D eigenvalue weighted by Crippen LogP contribution is -2.44. The first-order chi connectivity index (χ1) is 10.8. The molecule has 3 N–H and O–H groups in total. The van der Waals surface area contributed by atoms with Crippen LogP contribution < -0.4 is 16.2 Å². The van der Waals surface area contributed by atoms with Gasteiger partial charge in [0.1, 0.15) is 5.84 Å². The van der Waals surface area contributed by atoms with Crippen LogP contribution in [0, 0.1) is 0 Å². The molecule has 2 aromatic rings. The van der Waals surface area contributed by atoms with Crippen molar-refractivity contribution in [1.29, 1.82) is 0 Å². The monoisotopic (exact) mass is 292 g/mol. The maximum atomic E-state index is 11.8. The molecular weight excluding hydrogens is 276 g/mol. The number of carbonyl (C=O) groups excluding carboxylic acids is 1. The normalized spacial score (nSPS) is 12.6. The van der Waals surface area contributed by atoms with Crippen LogP contribution in [0.1, 0.15) is 11.1 Å². The Labute approximate surface area is 128 Å². The number of anilines is 1. The Bertz CT molecular complexity index is 722. The van der Waals surface area contributed by atoms with Gasteiger partial charge in [-0.1, -0.05) is 42.5 Å². The number of fused-ring (bicyclic) bond motifs is 1. The second-order valence-electron chi connectivity index (χ2n) is 4.84. The second kappa shape index (κ2) is 6.58. The third-order valence-electron chi connectivity index (χ3n) is 3.25. The summed E-state index contributed by atoms with van der Waals surface area (Å²) in [7, 11) is 0. The minimum absolute atomic E-state index is 0.338. The minimum atomic E-state index is -0.338. The van der Waals surface area contributed by atoms with Crippen LogP contribution in [0.4, 0.5) is 10.5 Å². The molecule has 0 saturated carbocycles. The molecule has 1 aliphatic rings. The van der Waals surface area contributed by atoms with Crippen molar-refractivity contribution >= 4 is 23.6 Å². The number of amidine groups is 1. The van der Waals surface area contributed by atoms with Crippen molar-refractivity contribution in [2.45, 2.75) is 6.42 Å². The van der Waals surface area contributed by atoms with Gasteiger partial charge in [-0.15, -0.1) is 0 Å². The quantitative estimate of drug-likeness (QED) is 0.708. The summed E-state index contributed by atoms with van der Waals surface area (Å²) >= 11 is 0. The van der Waals surface area contributed by atoms with Crippen LogP contribution in [0.2, 0.25) is 0 Å². The molecule has 1 aliphatic heterocycles. The van der Waals surface area contributed by atoms with Gasteiger partial charge in [0, 0.05) is 18.3 Å². The molecule has 2 amide bonds. The van der Waals surface area contributed by atoms with Crippen LogP contribution in [0.3, 0.4) is 0 Å². The summed E-state index contributed by atoms with van der Waals surface area (Å²) < 4.78 is 0. The number of para-hydroxylation sites is 1. The number of hydrogen-bond donors (Lipinski definition) is 3. The predicted octanol–water partition coefficient (Wildman–Crippen LogP) is 2.94. The van der Waals surface area contributed by atoms with Crippen LogP contribution in [0.25, 0.3) is 6.08 Å². The summed E-state index contributed by atoms with van der Waals surface area (Å²) in [6.07, 6.45) is 4.31. The summed E-state index contributed by atoms with van der Waals surface area (Å²) in [5, 5.41) is 2.73. The summed E-state index contributed by atoms with van der Waals surface area (Å²) in [5.74, 6) is 0.685. The van der Waals surface area contributed by atoms with Crippen molar-refractivity contribution in [3.63, 3.8) is 0 Å². The Morgan fingerprint density at radius 3 is 2.64 bits per heavy atom. The van der Waals surface area contributed by atoms with E-state index in [4.69, 9.17) is 0 Å². The first-order valence-corrected chi connectivity index (χ1v) is 7.00. The number of nitrogens with one attached hydrogen (secondary N) is 3. The highest BCUT2D eigenvalue weighted by Gasteiger charge is 2.08. The van der Waals surface area contributed by atoms with Gasteiger partial charge in [-0.2, -0.15) is 0 Å². The maximum absolute atomic E-state index is 11.8. The molecule has 3 rings (SSSR count). The smallest absolute Gasteiger partial charge is 0.307 e. The van der Waals surface area contributed by atoms with Crippen molar-refractivity contribution in [2.75, 3.05) is 5.32 Å². The fourth-order valence-electron chi connectivity index (χ4n) is 2.18. The first kappa shape index (κ1) is 13.9. The molecule has 110 valence electrons. The average Bonchev–Trinajstić information content (AvgIpc) is 2.76. The third-order valence-corrected chi connectivity index (χ3v) is 3.25. The van der Waals surface area contributed by atoms with E-state index in [-0.39, 0.29) is 6.03 Å². The van der Waals surface area contributed by atoms with E-state index in [0.29, 0.717) is 12.3 Å². The molecule has 5 heteroatoms. The molecule has 5 nitrogen and oxygen atoms in total. The van der Waals surface area contributed by atoms with Crippen LogP contribution in [-0.4, -0.2) is 11.9 Å². The van der Waals surface area contributed by atoms with Gasteiger partial charge in [0.2, 0.25) is 0 Å². The lowest BCUT2D eigenvalue weighted by molar-refractivity contribution is 0.250. The number of nitrogens with zero attached hydrogens (tertiary/aromatic N) is 1. The SMILES string of the molecule is O=C(NNC1=NC=Cc2ccccc2C1)Nc1ccccc1. The fourth-order valence-corrected chi connectivity index (χ4v) is 2.18. The number of benzene rings is 2. The molecule has 0 spiro atoms. The number of hydrazine groups is 1. The van der Waals surface area contributed by atoms with Crippen LogP contribution in [-0.2, 0) is 6.42 Å². The van der Waals surface area contributed by atoms with Gasteiger partial charge in [0.05, 0.1) is 0 Å². The highest BCUT2D eigenvalue weighted by Crippen LogP contribution is 2.14. The van der Waals surface area contributed by atoms with Crippen LogP contribution >= 0.6 is 0 Å². The fraction of sp³-hybridized carbons (Fsp3) is 0.0588. The summed E-state index contributed by atoms with van der Waals surface area (Å²) in [4.78, 5) is 16.1. The van der Waals surface area contributed by atoms with E-state index in [2.05, 4.69) is 21.2 Å². The van der Waals surface area contributed by atoms with Gasteiger partial charge in [0.25, 0.3) is 0 Å². The van der Waals surface area contributed by atoms with Crippen molar-refractivity contribution in [2.24, 2.45) is 4.99 Å². The summed E-state index contributed by atoms with van der Waals surface area (Å²) in [5.41, 5.74) is 8.48. The predicted molar refractivity (Wildman–Crippen MR) is 88.3 cm³/mol. The summed E-state index contributed by atoms with van der Waals surface area (Å²) in [6.45, 7) is 0. The Morgan fingerprint density at radius 2 is 1.77 bits per heavy atom. The zero-order chi connectivity index (χ0) is 15.2. The van der Waals surface area contributed by atoms with Gasteiger partial charge in [-0.05, 0) is 29.3 Å². The number of rotatable bonds is 1. The molecule has 0 unspecified atom stereocenters. The van der Waals surface area contributed by atoms with Crippen molar-refractivity contribution < 1.29 is 4.79 Å². The second-order valence-corrected chi connectivity index (χ2v) is 4.84. The molecule has 0 aromatic heterocycles. The largest absolute Gasteiger partial charge is 0.337 e. The zero-order valence-corrected chi connectivity index (χ0v) is 11.9. The van der Waals surface area contributed by atoms with Crippen LogP contribution in [0.5, 0.6) is 0 Å². The van der Waals surface area contributed by atoms with Crippen molar-refractivity contribution in [3.8, 4) is 0 Å². The van der Waals surface area contributed by atoms with E-state index in [1.165, 1.54) is 0 Å². The maximum Gasteiger partial charge on any atom is 0.337 e. The molecule has 0 saturated heterocycles. The van der Waals surface area contributed by atoms with Gasteiger partial charge in [-0.25, -0.2) is 9.79 Å². The Balaban J connectivity index is 1.57. The molecule has 0 bridgehead atoms. The molecule has 22 heavy (non-hydrogen) atoms. The van der Waals surface area contributed by atoms with E-state index in [9.17, 15) is 4.79 Å². The number of aliphatic imine (C=N–C) groups is 1. The Morgan fingerprint density at radius 1 is 1.00 bits per heavy atom. The third kappa shape index (κ3) is 3.52. The standard InChI is InChI=1S/C17H16N4O/c22-17(19-15-8-2-1-3-9-15)21-20-16-12-14-7-5-4-6-13(14)10-11-18-16/h1-11H,12H2,(H,18,20)(H2,19,21,22). The molecular formula is C17H16N4O. The topological polar surface area (TPSA) is 65.5 Å². The lowest BCUT2D eigenvalue weighted by Gasteiger charge is -2.12. The number of amides is 2. The molecule has 0 radical (unpaired) electrons. The molecule has 2 aromatic carbocycles. The van der Waals surface area contributed by atoms with Crippen molar-refractivity contribution in [1.82, 2.24) is 10.9 Å². The van der Waals surface area contributed by atoms with E-state index in [0.717, 1.165) is 16.8 Å². The number of carbonyl (C=O) groups is 1. The minimum Gasteiger partial charge on any atom is -0.307 e. The van der Waals surface area contributed by atoms with Crippen molar-refractivity contribution in [3.05, 3.63) is 71.9 Å². The highest BCUT2D eigenvalue weighted by atomic mass is 16.2. The van der Waals surface area contributed by atoms with Gasteiger partial charge in [0.15, 0.2) is 0 Å². The molecule has 1 heterocycles. The number of hydrogen-bond acceptors (Lipinski definition) is 3. The number of urea groups is 1. The van der Waals surface area contributed by atoms with Gasteiger partial charge < -0.3 is 5.32 Å². The Kier molecular flexibility index (Phi) is 4.15.